The zero-order valence-electron chi connectivity index (χ0n) is 10.2. The monoisotopic (exact) mass is 341 g/mol. The fraction of sp³-hybridized carbons (Fsp3) is 0.333. The van der Waals surface area contributed by atoms with Gasteiger partial charge in [-0.2, -0.15) is 4.98 Å². The van der Waals surface area contributed by atoms with Crippen LogP contribution in [0.3, 0.4) is 0 Å². The number of H-pyrrole nitrogens is 1. The van der Waals surface area contributed by atoms with Gasteiger partial charge in [0.2, 0.25) is 5.95 Å². The van der Waals surface area contributed by atoms with Gasteiger partial charge in [0, 0.05) is 36.2 Å². The van der Waals surface area contributed by atoms with Gasteiger partial charge in [0.05, 0.1) is 5.02 Å². The molecule has 2 heterocycles. The standard InChI is InChI=1S/C12H13BrClN5/c13-8-1-2-9(10(14)7-8)11-16-12(18-17-11)19-5-3-15-4-6-19/h1-2,7,15H,3-6H2,(H,16,17,18). The lowest BCUT2D eigenvalue weighted by Crippen LogP contribution is -2.44. The number of hydrogen-bond donors (Lipinski definition) is 2. The summed E-state index contributed by atoms with van der Waals surface area (Å²) < 4.78 is 0.947. The van der Waals surface area contributed by atoms with Crippen LogP contribution in [0.5, 0.6) is 0 Å². The molecule has 100 valence electrons. The van der Waals surface area contributed by atoms with Gasteiger partial charge in [0.15, 0.2) is 5.82 Å². The predicted octanol–water partition coefficient (Wildman–Crippen LogP) is 2.30. The van der Waals surface area contributed by atoms with Crippen LogP contribution in [0.1, 0.15) is 0 Å². The molecule has 1 fully saturated rings. The molecule has 1 aromatic heterocycles. The molecule has 0 amide bonds. The number of rotatable bonds is 2. The fourth-order valence-electron chi connectivity index (χ4n) is 2.06. The van der Waals surface area contributed by atoms with Gasteiger partial charge in [-0.1, -0.05) is 27.5 Å². The summed E-state index contributed by atoms with van der Waals surface area (Å²) in [6.07, 6.45) is 0. The number of hydrogen-bond acceptors (Lipinski definition) is 4. The van der Waals surface area contributed by atoms with Crippen molar-refractivity contribution in [1.29, 1.82) is 0 Å². The van der Waals surface area contributed by atoms with Crippen molar-refractivity contribution in [2.45, 2.75) is 0 Å². The Morgan fingerprint density at radius 1 is 1.26 bits per heavy atom. The van der Waals surface area contributed by atoms with E-state index in [1.807, 2.05) is 18.2 Å². The minimum absolute atomic E-state index is 0.650. The van der Waals surface area contributed by atoms with E-state index in [-0.39, 0.29) is 0 Å². The largest absolute Gasteiger partial charge is 0.337 e. The number of benzene rings is 1. The van der Waals surface area contributed by atoms with Gasteiger partial charge in [-0.05, 0) is 18.2 Å². The molecule has 1 aliphatic heterocycles. The molecule has 19 heavy (non-hydrogen) atoms. The SMILES string of the molecule is Clc1cc(Br)ccc1-c1nc(N2CCNCC2)n[nH]1. The summed E-state index contributed by atoms with van der Waals surface area (Å²) in [7, 11) is 0. The smallest absolute Gasteiger partial charge is 0.245 e. The maximum atomic E-state index is 6.22. The van der Waals surface area contributed by atoms with Crippen molar-refractivity contribution >= 4 is 33.5 Å². The summed E-state index contributed by atoms with van der Waals surface area (Å²) in [5.74, 6) is 1.43. The van der Waals surface area contributed by atoms with E-state index >= 15 is 0 Å². The Kier molecular flexibility index (Phi) is 3.72. The van der Waals surface area contributed by atoms with Crippen molar-refractivity contribution in [2.24, 2.45) is 0 Å². The van der Waals surface area contributed by atoms with Gasteiger partial charge < -0.3 is 10.2 Å². The maximum Gasteiger partial charge on any atom is 0.245 e. The summed E-state index contributed by atoms with van der Waals surface area (Å²) in [5.41, 5.74) is 0.860. The second kappa shape index (κ2) is 5.48. The number of piperazine rings is 1. The van der Waals surface area contributed by atoms with Crippen molar-refractivity contribution < 1.29 is 0 Å². The third-order valence-corrected chi connectivity index (χ3v) is 3.87. The van der Waals surface area contributed by atoms with Crippen LogP contribution in [0.25, 0.3) is 11.4 Å². The second-order valence-corrected chi connectivity index (χ2v) is 5.67. The van der Waals surface area contributed by atoms with E-state index in [1.165, 1.54) is 0 Å². The molecule has 2 N–H and O–H groups in total. The lowest BCUT2D eigenvalue weighted by Gasteiger charge is -2.25. The average molecular weight is 343 g/mol. The van der Waals surface area contributed by atoms with Gasteiger partial charge in [0.1, 0.15) is 0 Å². The van der Waals surface area contributed by atoms with E-state index < -0.39 is 0 Å². The summed E-state index contributed by atoms with van der Waals surface area (Å²) in [6.45, 7) is 3.77. The highest BCUT2D eigenvalue weighted by molar-refractivity contribution is 9.10. The first-order chi connectivity index (χ1) is 9.24. The molecule has 0 spiro atoms. The highest BCUT2D eigenvalue weighted by atomic mass is 79.9. The maximum absolute atomic E-state index is 6.22. The lowest BCUT2D eigenvalue weighted by atomic mass is 10.2. The Balaban J connectivity index is 1.87. The normalized spacial score (nSPS) is 15.8. The Bertz CT molecular complexity index is 579. The Morgan fingerprint density at radius 2 is 2.05 bits per heavy atom. The van der Waals surface area contributed by atoms with Crippen molar-refractivity contribution in [1.82, 2.24) is 20.5 Å². The number of aromatic nitrogens is 3. The van der Waals surface area contributed by atoms with Crippen LogP contribution in [-0.2, 0) is 0 Å². The quantitative estimate of drug-likeness (QED) is 0.879. The summed E-state index contributed by atoms with van der Waals surface area (Å²) in [5, 5.41) is 11.2. The number of anilines is 1. The third kappa shape index (κ3) is 2.75. The zero-order valence-corrected chi connectivity index (χ0v) is 12.5. The van der Waals surface area contributed by atoms with E-state index in [0.717, 1.165) is 42.2 Å². The van der Waals surface area contributed by atoms with Crippen LogP contribution in [0.4, 0.5) is 5.95 Å². The molecule has 1 saturated heterocycles. The summed E-state index contributed by atoms with van der Waals surface area (Å²) in [4.78, 5) is 6.68. The summed E-state index contributed by atoms with van der Waals surface area (Å²) in [6, 6.07) is 5.71. The molecule has 0 unspecified atom stereocenters. The molecule has 3 rings (SSSR count). The molecule has 0 aliphatic carbocycles. The van der Waals surface area contributed by atoms with E-state index in [2.05, 4.69) is 41.3 Å². The van der Waals surface area contributed by atoms with Crippen molar-refractivity contribution in [3.05, 3.63) is 27.7 Å². The highest BCUT2D eigenvalue weighted by Gasteiger charge is 2.16. The topological polar surface area (TPSA) is 56.8 Å². The fourth-order valence-corrected chi connectivity index (χ4v) is 2.82. The van der Waals surface area contributed by atoms with E-state index in [4.69, 9.17) is 11.6 Å². The molecule has 1 aliphatic rings. The molecular weight excluding hydrogens is 330 g/mol. The van der Waals surface area contributed by atoms with Crippen LogP contribution in [0, 0.1) is 0 Å². The molecule has 1 aromatic carbocycles. The van der Waals surface area contributed by atoms with Crippen LogP contribution in [-0.4, -0.2) is 41.4 Å². The minimum atomic E-state index is 0.650. The Morgan fingerprint density at radius 3 is 2.79 bits per heavy atom. The molecule has 0 atom stereocenters. The second-order valence-electron chi connectivity index (χ2n) is 4.35. The van der Waals surface area contributed by atoms with Gasteiger partial charge >= 0.3 is 0 Å². The van der Waals surface area contributed by atoms with Gasteiger partial charge in [0.25, 0.3) is 0 Å². The van der Waals surface area contributed by atoms with Crippen LogP contribution in [0.15, 0.2) is 22.7 Å². The van der Waals surface area contributed by atoms with Gasteiger partial charge in [-0.3, -0.25) is 5.10 Å². The zero-order chi connectivity index (χ0) is 13.2. The average Bonchev–Trinajstić information content (AvgIpc) is 2.89. The molecule has 0 radical (unpaired) electrons. The Labute approximate surface area is 124 Å². The molecule has 2 aromatic rings. The van der Waals surface area contributed by atoms with E-state index in [9.17, 15) is 0 Å². The van der Waals surface area contributed by atoms with Crippen LogP contribution >= 0.6 is 27.5 Å². The minimum Gasteiger partial charge on any atom is -0.337 e. The molecule has 0 saturated carbocycles. The predicted molar refractivity (Wildman–Crippen MR) is 79.6 cm³/mol. The first kappa shape index (κ1) is 12.9. The molecule has 5 nitrogen and oxygen atoms in total. The van der Waals surface area contributed by atoms with Crippen LogP contribution in [0.2, 0.25) is 5.02 Å². The van der Waals surface area contributed by atoms with Crippen molar-refractivity contribution in [3.63, 3.8) is 0 Å². The number of nitrogens with one attached hydrogen (secondary N) is 2. The van der Waals surface area contributed by atoms with Crippen LogP contribution < -0.4 is 10.2 Å². The lowest BCUT2D eigenvalue weighted by molar-refractivity contribution is 0.580. The molecule has 7 heteroatoms. The Hall–Kier alpha value is -1.11. The molecule has 0 bridgehead atoms. The van der Waals surface area contributed by atoms with E-state index in [0.29, 0.717) is 10.8 Å². The molecular formula is C12H13BrClN5. The van der Waals surface area contributed by atoms with Crippen molar-refractivity contribution in [2.75, 3.05) is 31.1 Å². The first-order valence-corrected chi connectivity index (χ1v) is 7.24. The first-order valence-electron chi connectivity index (χ1n) is 6.07. The van der Waals surface area contributed by atoms with Gasteiger partial charge in [-0.15, -0.1) is 5.10 Å². The third-order valence-electron chi connectivity index (χ3n) is 3.06. The van der Waals surface area contributed by atoms with E-state index in [1.54, 1.807) is 0 Å². The van der Waals surface area contributed by atoms with Crippen molar-refractivity contribution in [3.8, 4) is 11.4 Å². The number of nitrogens with zero attached hydrogens (tertiary/aromatic N) is 3. The summed E-state index contributed by atoms with van der Waals surface area (Å²) >= 11 is 9.61. The number of aromatic amines is 1. The highest BCUT2D eigenvalue weighted by Crippen LogP contribution is 2.28. The van der Waals surface area contributed by atoms with Gasteiger partial charge in [-0.25, -0.2) is 0 Å². The number of halogens is 2.